The van der Waals surface area contributed by atoms with Crippen LogP contribution in [-0.2, 0) is 4.74 Å². The van der Waals surface area contributed by atoms with E-state index >= 15 is 0 Å². The third kappa shape index (κ3) is 4.92. The van der Waals surface area contributed by atoms with E-state index in [1.54, 1.807) is 0 Å². The highest BCUT2D eigenvalue weighted by Crippen LogP contribution is 2.32. The summed E-state index contributed by atoms with van der Waals surface area (Å²) in [5.74, 6) is 0.957. The van der Waals surface area contributed by atoms with Crippen LogP contribution < -0.4 is 5.32 Å². The van der Waals surface area contributed by atoms with Gasteiger partial charge in [-0.1, -0.05) is 38.0 Å². The third-order valence-electron chi connectivity index (χ3n) is 4.23. The monoisotopic (exact) mass is 275 g/mol. The SMILES string of the molecule is CCCNC(COCCC1CC1)c1ccc(C)c(C)c1. The predicted molar refractivity (Wildman–Crippen MR) is 85.1 cm³/mol. The molecule has 1 N–H and O–H groups in total. The van der Waals surface area contributed by atoms with Gasteiger partial charge in [0.05, 0.1) is 12.6 Å². The van der Waals surface area contributed by atoms with Crippen molar-refractivity contribution in [3.63, 3.8) is 0 Å². The van der Waals surface area contributed by atoms with Gasteiger partial charge in [0, 0.05) is 6.61 Å². The summed E-state index contributed by atoms with van der Waals surface area (Å²) in [6, 6.07) is 7.08. The first-order valence-electron chi connectivity index (χ1n) is 8.09. The summed E-state index contributed by atoms with van der Waals surface area (Å²) in [6.07, 6.45) is 5.23. The highest BCUT2D eigenvalue weighted by molar-refractivity contribution is 5.31. The van der Waals surface area contributed by atoms with E-state index in [2.05, 4.69) is 44.3 Å². The fraction of sp³-hybridized carbons (Fsp3) is 0.667. The predicted octanol–water partition coefficient (Wildman–Crippen LogP) is 4.16. The molecule has 1 unspecified atom stereocenters. The third-order valence-corrected chi connectivity index (χ3v) is 4.23. The molecular weight excluding hydrogens is 246 g/mol. The molecule has 2 rings (SSSR count). The van der Waals surface area contributed by atoms with Gasteiger partial charge in [0.25, 0.3) is 0 Å². The summed E-state index contributed by atoms with van der Waals surface area (Å²) < 4.78 is 5.91. The Hall–Kier alpha value is -0.860. The molecule has 1 aromatic carbocycles. The van der Waals surface area contributed by atoms with E-state index < -0.39 is 0 Å². The quantitative estimate of drug-likeness (QED) is 0.683. The van der Waals surface area contributed by atoms with Gasteiger partial charge in [-0.05, 0) is 55.8 Å². The average molecular weight is 275 g/mol. The Bertz CT molecular complexity index is 412. The van der Waals surface area contributed by atoms with Crippen LogP contribution in [0.3, 0.4) is 0 Å². The minimum atomic E-state index is 0.327. The molecule has 0 saturated heterocycles. The average Bonchev–Trinajstić information content (AvgIpc) is 3.25. The first kappa shape index (κ1) is 15.5. The van der Waals surface area contributed by atoms with Crippen molar-refractivity contribution in [2.24, 2.45) is 5.92 Å². The zero-order valence-electron chi connectivity index (χ0n) is 13.2. The molecule has 1 fully saturated rings. The lowest BCUT2D eigenvalue weighted by Gasteiger charge is -2.20. The van der Waals surface area contributed by atoms with Gasteiger partial charge in [0.2, 0.25) is 0 Å². The van der Waals surface area contributed by atoms with Crippen LogP contribution in [0.25, 0.3) is 0 Å². The first-order valence-corrected chi connectivity index (χ1v) is 8.09. The van der Waals surface area contributed by atoms with Crippen molar-refractivity contribution >= 4 is 0 Å². The molecular formula is C18H29NO. The van der Waals surface area contributed by atoms with E-state index in [9.17, 15) is 0 Å². The van der Waals surface area contributed by atoms with Crippen LogP contribution in [0, 0.1) is 19.8 Å². The molecule has 1 atom stereocenters. The molecule has 0 aromatic heterocycles. The highest BCUT2D eigenvalue weighted by atomic mass is 16.5. The van der Waals surface area contributed by atoms with Crippen molar-refractivity contribution in [2.75, 3.05) is 19.8 Å². The summed E-state index contributed by atoms with van der Waals surface area (Å²) in [5, 5.41) is 3.61. The fourth-order valence-corrected chi connectivity index (χ4v) is 2.43. The molecule has 0 radical (unpaired) electrons. The highest BCUT2D eigenvalue weighted by Gasteiger charge is 2.20. The number of hydrogen-bond donors (Lipinski definition) is 1. The minimum Gasteiger partial charge on any atom is -0.379 e. The van der Waals surface area contributed by atoms with Gasteiger partial charge in [-0.15, -0.1) is 0 Å². The zero-order chi connectivity index (χ0) is 14.4. The lowest BCUT2D eigenvalue weighted by atomic mass is 10.0. The van der Waals surface area contributed by atoms with Crippen LogP contribution >= 0.6 is 0 Å². The summed E-state index contributed by atoms with van der Waals surface area (Å²) in [5.41, 5.74) is 4.08. The molecule has 20 heavy (non-hydrogen) atoms. The normalized spacial score (nSPS) is 16.4. The number of nitrogens with one attached hydrogen (secondary N) is 1. The minimum absolute atomic E-state index is 0.327. The largest absolute Gasteiger partial charge is 0.379 e. The van der Waals surface area contributed by atoms with E-state index in [0.717, 1.165) is 32.1 Å². The Labute approximate surface area is 123 Å². The number of ether oxygens (including phenoxy) is 1. The Morgan fingerprint density at radius 2 is 2.05 bits per heavy atom. The molecule has 0 heterocycles. The van der Waals surface area contributed by atoms with Gasteiger partial charge < -0.3 is 10.1 Å². The number of aryl methyl sites for hydroxylation is 2. The molecule has 2 nitrogen and oxygen atoms in total. The Balaban J connectivity index is 1.88. The summed E-state index contributed by atoms with van der Waals surface area (Å²) in [6.45, 7) is 9.31. The smallest absolute Gasteiger partial charge is 0.0661 e. The lowest BCUT2D eigenvalue weighted by Crippen LogP contribution is -2.26. The zero-order valence-corrected chi connectivity index (χ0v) is 13.2. The van der Waals surface area contributed by atoms with Gasteiger partial charge in [-0.2, -0.15) is 0 Å². The van der Waals surface area contributed by atoms with Gasteiger partial charge in [0.15, 0.2) is 0 Å². The fourth-order valence-electron chi connectivity index (χ4n) is 2.43. The van der Waals surface area contributed by atoms with Crippen molar-refractivity contribution in [2.45, 2.75) is 52.5 Å². The van der Waals surface area contributed by atoms with E-state index in [1.807, 2.05) is 0 Å². The summed E-state index contributed by atoms with van der Waals surface area (Å²) in [7, 11) is 0. The summed E-state index contributed by atoms with van der Waals surface area (Å²) >= 11 is 0. The molecule has 1 aliphatic rings. The molecule has 1 aromatic rings. The summed E-state index contributed by atoms with van der Waals surface area (Å²) in [4.78, 5) is 0. The standard InChI is InChI=1S/C18H29NO/c1-4-10-19-18(13-20-11-9-16-6-7-16)17-8-5-14(2)15(3)12-17/h5,8,12,16,18-19H,4,6-7,9-11,13H2,1-3H3. The maximum absolute atomic E-state index is 5.91. The molecule has 1 saturated carbocycles. The van der Waals surface area contributed by atoms with E-state index in [-0.39, 0.29) is 0 Å². The second kappa shape index (κ2) is 7.80. The Morgan fingerprint density at radius 3 is 2.70 bits per heavy atom. The van der Waals surface area contributed by atoms with Crippen LogP contribution in [-0.4, -0.2) is 19.8 Å². The van der Waals surface area contributed by atoms with Crippen LogP contribution in [0.5, 0.6) is 0 Å². The Kier molecular flexibility index (Phi) is 6.06. The number of rotatable bonds is 9. The van der Waals surface area contributed by atoms with Gasteiger partial charge in [-0.25, -0.2) is 0 Å². The van der Waals surface area contributed by atoms with Crippen molar-refractivity contribution in [3.05, 3.63) is 34.9 Å². The van der Waals surface area contributed by atoms with Crippen LogP contribution in [0.4, 0.5) is 0 Å². The second-order valence-corrected chi connectivity index (χ2v) is 6.16. The number of hydrogen-bond acceptors (Lipinski definition) is 2. The maximum Gasteiger partial charge on any atom is 0.0661 e. The van der Waals surface area contributed by atoms with Crippen molar-refractivity contribution in [1.29, 1.82) is 0 Å². The first-order chi connectivity index (χ1) is 9.70. The van der Waals surface area contributed by atoms with Crippen LogP contribution in [0.15, 0.2) is 18.2 Å². The van der Waals surface area contributed by atoms with Gasteiger partial charge in [-0.3, -0.25) is 0 Å². The van der Waals surface area contributed by atoms with E-state index in [1.165, 1.54) is 36.0 Å². The van der Waals surface area contributed by atoms with Crippen molar-refractivity contribution in [3.8, 4) is 0 Å². The molecule has 0 amide bonds. The van der Waals surface area contributed by atoms with Gasteiger partial charge >= 0.3 is 0 Å². The van der Waals surface area contributed by atoms with Crippen molar-refractivity contribution < 1.29 is 4.74 Å². The topological polar surface area (TPSA) is 21.3 Å². The van der Waals surface area contributed by atoms with Gasteiger partial charge in [0.1, 0.15) is 0 Å². The molecule has 0 spiro atoms. The lowest BCUT2D eigenvalue weighted by molar-refractivity contribution is 0.106. The molecule has 0 bridgehead atoms. The van der Waals surface area contributed by atoms with Crippen LogP contribution in [0.2, 0.25) is 0 Å². The Morgan fingerprint density at radius 1 is 1.25 bits per heavy atom. The second-order valence-electron chi connectivity index (χ2n) is 6.16. The number of benzene rings is 1. The van der Waals surface area contributed by atoms with Crippen molar-refractivity contribution in [1.82, 2.24) is 5.32 Å². The van der Waals surface area contributed by atoms with Crippen LogP contribution in [0.1, 0.15) is 55.3 Å². The molecule has 112 valence electrons. The molecule has 2 heteroatoms. The van der Waals surface area contributed by atoms with E-state index in [4.69, 9.17) is 4.74 Å². The molecule has 0 aliphatic heterocycles. The van der Waals surface area contributed by atoms with E-state index in [0.29, 0.717) is 6.04 Å². The molecule has 1 aliphatic carbocycles. The maximum atomic E-state index is 5.91.